The zero-order valence-corrected chi connectivity index (χ0v) is 14.8. The van der Waals surface area contributed by atoms with Crippen molar-refractivity contribution >= 4 is 5.97 Å². The van der Waals surface area contributed by atoms with Crippen LogP contribution in [-0.4, -0.2) is 29.1 Å². The van der Waals surface area contributed by atoms with Crippen LogP contribution in [0.5, 0.6) is 0 Å². The van der Waals surface area contributed by atoms with E-state index in [1.807, 2.05) is 13.0 Å². The van der Waals surface area contributed by atoms with Gasteiger partial charge in [0.1, 0.15) is 11.6 Å². The molecule has 3 rings (SSSR count). The van der Waals surface area contributed by atoms with Crippen molar-refractivity contribution in [2.45, 2.75) is 38.6 Å². The van der Waals surface area contributed by atoms with Gasteiger partial charge in [-0.25, -0.2) is 8.78 Å². The molecule has 1 unspecified atom stereocenters. The first kappa shape index (κ1) is 18.5. The second kappa shape index (κ2) is 7.96. The van der Waals surface area contributed by atoms with Gasteiger partial charge in [0.2, 0.25) is 0 Å². The highest BCUT2D eigenvalue weighted by Gasteiger charge is 2.19. The zero-order chi connectivity index (χ0) is 18.7. The predicted octanol–water partition coefficient (Wildman–Crippen LogP) is 4.14. The van der Waals surface area contributed by atoms with Crippen LogP contribution in [0.25, 0.3) is 0 Å². The fourth-order valence-corrected chi connectivity index (χ4v) is 3.58. The van der Waals surface area contributed by atoms with Gasteiger partial charge in [-0.05, 0) is 53.1 Å². The molecule has 0 radical (unpaired) electrons. The molecule has 0 spiro atoms. The van der Waals surface area contributed by atoms with E-state index in [0.29, 0.717) is 12.0 Å². The van der Waals surface area contributed by atoms with Crippen LogP contribution in [0, 0.1) is 11.6 Å². The number of hydrogen-bond acceptors (Lipinski definition) is 2. The van der Waals surface area contributed by atoms with E-state index in [1.165, 1.54) is 23.3 Å². The average molecular weight is 359 g/mol. The molecular formula is C21H23F2NO2. The molecule has 138 valence electrons. The molecule has 1 atom stereocenters. The number of nitrogens with zero attached hydrogens (tertiary/aromatic N) is 1. The molecule has 0 fully saturated rings. The summed E-state index contributed by atoms with van der Waals surface area (Å²) < 4.78 is 26.8. The highest BCUT2D eigenvalue weighted by molar-refractivity contribution is 5.67. The standard InChI is InChI=1S/C21H23F2NO2/c1-14(18-9-19(22)11-20(23)10-18)12-24-7-6-16-8-15(3-5-21(25)26)2-4-17(16)13-24/h2,4,8-11,14H,3,5-7,12-13H2,1H3,(H,25,26). The van der Waals surface area contributed by atoms with E-state index in [2.05, 4.69) is 17.0 Å². The molecule has 0 amide bonds. The first-order valence-corrected chi connectivity index (χ1v) is 8.91. The number of fused-ring (bicyclic) bond motifs is 1. The minimum absolute atomic E-state index is 0.0385. The summed E-state index contributed by atoms with van der Waals surface area (Å²) in [5.74, 6) is -1.82. The number of carboxylic acids is 1. The maximum Gasteiger partial charge on any atom is 0.303 e. The number of aliphatic carboxylic acids is 1. The fourth-order valence-electron chi connectivity index (χ4n) is 3.58. The van der Waals surface area contributed by atoms with Crippen molar-refractivity contribution in [1.82, 2.24) is 4.90 Å². The molecular weight excluding hydrogens is 336 g/mol. The van der Waals surface area contributed by atoms with Crippen LogP contribution in [0.4, 0.5) is 8.78 Å². The van der Waals surface area contributed by atoms with E-state index in [-0.39, 0.29) is 12.3 Å². The van der Waals surface area contributed by atoms with E-state index in [4.69, 9.17) is 5.11 Å². The second-order valence-corrected chi connectivity index (χ2v) is 7.09. The van der Waals surface area contributed by atoms with E-state index in [9.17, 15) is 13.6 Å². The lowest BCUT2D eigenvalue weighted by atomic mass is 9.94. The molecule has 0 aliphatic carbocycles. The van der Waals surface area contributed by atoms with Crippen molar-refractivity contribution in [3.05, 3.63) is 70.3 Å². The summed E-state index contributed by atoms with van der Waals surface area (Å²) in [7, 11) is 0. The van der Waals surface area contributed by atoms with Crippen LogP contribution in [0.15, 0.2) is 36.4 Å². The molecule has 26 heavy (non-hydrogen) atoms. The summed E-state index contributed by atoms with van der Waals surface area (Å²) in [6.45, 7) is 4.41. The number of rotatable bonds is 6. The monoisotopic (exact) mass is 359 g/mol. The average Bonchev–Trinajstić information content (AvgIpc) is 2.59. The zero-order valence-electron chi connectivity index (χ0n) is 14.8. The number of hydrogen-bond donors (Lipinski definition) is 1. The van der Waals surface area contributed by atoms with Crippen molar-refractivity contribution in [3.8, 4) is 0 Å². The Balaban J connectivity index is 1.63. The van der Waals surface area contributed by atoms with Gasteiger partial charge in [0.05, 0.1) is 0 Å². The van der Waals surface area contributed by atoms with Crippen LogP contribution in [0.2, 0.25) is 0 Å². The van der Waals surface area contributed by atoms with E-state index >= 15 is 0 Å². The van der Waals surface area contributed by atoms with Crippen LogP contribution < -0.4 is 0 Å². The molecule has 2 aromatic carbocycles. The maximum absolute atomic E-state index is 13.4. The van der Waals surface area contributed by atoms with Gasteiger partial charge in [-0.15, -0.1) is 0 Å². The van der Waals surface area contributed by atoms with Crippen LogP contribution in [0.1, 0.15) is 41.5 Å². The lowest BCUT2D eigenvalue weighted by Crippen LogP contribution is -2.33. The van der Waals surface area contributed by atoms with Crippen molar-refractivity contribution in [2.24, 2.45) is 0 Å². The van der Waals surface area contributed by atoms with Gasteiger partial charge in [0, 0.05) is 32.1 Å². The smallest absolute Gasteiger partial charge is 0.303 e. The largest absolute Gasteiger partial charge is 0.481 e. The number of halogens is 2. The number of aryl methyl sites for hydroxylation is 1. The molecule has 5 heteroatoms. The Morgan fingerprint density at radius 1 is 1.15 bits per heavy atom. The third-order valence-electron chi connectivity index (χ3n) is 4.98. The summed E-state index contributed by atoms with van der Waals surface area (Å²) in [5, 5.41) is 8.81. The van der Waals surface area contributed by atoms with Gasteiger partial charge in [-0.2, -0.15) is 0 Å². The third-order valence-corrected chi connectivity index (χ3v) is 4.98. The molecule has 3 nitrogen and oxygen atoms in total. The number of carbonyl (C=O) groups is 1. The summed E-state index contributed by atoms with van der Waals surface area (Å²) in [5.41, 5.74) is 4.25. The molecule has 1 aliphatic heterocycles. The molecule has 0 bridgehead atoms. The Hall–Kier alpha value is -2.27. The van der Waals surface area contributed by atoms with Crippen LogP contribution >= 0.6 is 0 Å². The lowest BCUT2D eigenvalue weighted by Gasteiger charge is -2.31. The Morgan fingerprint density at radius 3 is 2.58 bits per heavy atom. The predicted molar refractivity (Wildman–Crippen MR) is 96.2 cm³/mol. The van der Waals surface area contributed by atoms with Gasteiger partial charge >= 0.3 is 5.97 Å². The number of carboxylic acid groups (broad SMARTS) is 1. The topological polar surface area (TPSA) is 40.5 Å². The van der Waals surface area contributed by atoms with Gasteiger partial charge in [-0.3, -0.25) is 9.69 Å². The summed E-state index contributed by atoms with van der Waals surface area (Å²) in [4.78, 5) is 13.0. The molecule has 0 aromatic heterocycles. The van der Waals surface area contributed by atoms with Gasteiger partial charge in [0.25, 0.3) is 0 Å². The molecule has 0 saturated carbocycles. The minimum Gasteiger partial charge on any atom is -0.481 e. The molecule has 1 N–H and O–H groups in total. The van der Waals surface area contributed by atoms with Crippen molar-refractivity contribution < 1.29 is 18.7 Å². The molecule has 1 aliphatic rings. The Bertz CT molecular complexity index is 786. The summed E-state index contributed by atoms with van der Waals surface area (Å²) >= 11 is 0. The SMILES string of the molecule is CC(CN1CCc2cc(CCC(=O)O)ccc2C1)c1cc(F)cc(F)c1. The minimum atomic E-state index is -0.781. The van der Waals surface area contributed by atoms with Crippen molar-refractivity contribution in [2.75, 3.05) is 13.1 Å². The second-order valence-electron chi connectivity index (χ2n) is 7.09. The van der Waals surface area contributed by atoms with E-state index in [1.54, 1.807) is 0 Å². The first-order valence-electron chi connectivity index (χ1n) is 8.91. The van der Waals surface area contributed by atoms with Crippen LogP contribution in [0.3, 0.4) is 0 Å². The third kappa shape index (κ3) is 4.67. The Labute approximate surface area is 152 Å². The van der Waals surface area contributed by atoms with E-state index in [0.717, 1.165) is 37.7 Å². The quantitative estimate of drug-likeness (QED) is 0.843. The van der Waals surface area contributed by atoms with Crippen LogP contribution in [-0.2, 0) is 24.2 Å². The van der Waals surface area contributed by atoms with Crippen molar-refractivity contribution in [3.63, 3.8) is 0 Å². The maximum atomic E-state index is 13.4. The molecule has 1 heterocycles. The van der Waals surface area contributed by atoms with Gasteiger partial charge in [-0.1, -0.05) is 25.1 Å². The van der Waals surface area contributed by atoms with E-state index < -0.39 is 17.6 Å². The van der Waals surface area contributed by atoms with Crippen molar-refractivity contribution in [1.29, 1.82) is 0 Å². The highest BCUT2D eigenvalue weighted by atomic mass is 19.1. The Kier molecular flexibility index (Phi) is 5.67. The van der Waals surface area contributed by atoms with Gasteiger partial charge < -0.3 is 5.11 Å². The molecule has 2 aromatic rings. The number of benzene rings is 2. The summed E-state index contributed by atoms with van der Waals surface area (Å²) in [6.07, 6.45) is 1.60. The summed E-state index contributed by atoms with van der Waals surface area (Å²) in [6, 6.07) is 9.89. The lowest BCUT2D eigenvalue weighted by molar-refractivity contribution is -0.136. The Morgan fingerprint density at radius 2 is 1.88 bits per heavy atom. The normalized spacial score (nSPS) is 15.5. The molecule has 0 saturated heterocycles. The highest BCUT2D eigenvalue weighted by Crippen LogP contribution is 2.25. The first-order chi connectivity index (χ1) is 12.4. The van der Waals surface area contributed by atoms with Gasteiger partial charge in [0.15, 0.2) is 0 Å². The fraction of sp³-hybridized carbons (Fsp3) is 0.381.